The van der Waals surface area contributed by atoms with Crippen molar-refractivity contribution in [1.29, 1.82) is 0 Å². The highest BCUT2D eigenvalue weighted by Gasteiger charge is 2.09. The van der Waals surface area contributed by atoms with E-state index in [1.807, 2.05) is 31.2 Å². The van der Waals surface area contributed by atoms with E-state index < -0.39 is 11.9 Å². The second-order valence-corrected chi connectivity index (χ2v) is 5.74. The first-order valence-corrected chi connectivity index (χ1v) is 7.73. The molecule has 2 aromatic carbocycles. The van der Waals surface area contributed by atoms with Gasteiger partial charge in [-0.2, -0.15) is 0 Å². The highest BCUT2D eigenvalue weighted by Crippen LogP contribution is 2.15. The molecule has 1 N–H and O–H groups in total. The number of esters is 1. The molecule has 6 heteroatoms. The van der Waals surface area contributed by atoms with Crippen molar-refractivity contribution < 1.29 is 19.1 Å². The van der Waals surface area contributed by atoms with Crippen molar-refractivity contribution in [3.05, 3.63) is 58.6 Å². The summed E-state index contributed by atoms with van der Waals surface area (Å²) in [6, 6.07) is 14.5. The Labute approximate surface area is 142 Å². The van der Waals surface area contributed by atoms with E-state index in [1.165, 1.54) is 0 Å². The van der Waals surface area contributed by atoms with E-state index in [2.05, 4.69) is 21.2 Å². The lowest BCUT2D eigenvalue weighted by Crippen LogP contribution is -2.23. The number of aryl methyl sites for hydroxylation is 1. The summed E-state index contributed by atoms with van der Waals surface area (Å²) >= 11 is 3.31. The number of carbonyl (C=O) groups excluding carboxylic acids is 2. The van der Waals surface area contributed by atoms with Crippen molar-refractivity contribution in [2.45, 2.75) is 6.92 Å². The Hall–Kier alpha value is -2.34. The summed E-state index contributed by atoms with van der Waals surface area (Å²) in [5, 5.41) is 2.63. The summed E-state index contributed by atoms with van der Waals surface area (Å²) in [5.74, 6) is -0.427. The van der Waals surface area contributed by atoms with Crippen molar-refractivity contribution in [2.24, 2.45) is 0 Å². The SMILES string of the molecule is Cc1cccc(OCC(=O)OCC(=O)Nc2cccc(Br)c2)c1. The number of benzene rings is 2. The van der Waals surface area contributed by atoms with Crippen LogP contribution < -0.4 is 10.1 Å². The van der Waals surface area contributed by atoms with Gasteiger partial charge in [-0.3, -0.25) is 4.79 Å². The average molecular weight is 378 g/mol. The smallest absolute Gasteiger partial charge is 0.344 e. The molecule has 0 aromatic heterocycles. The highest BCUT2D eigenvalue weighted by atomic mass is 79.9. The molecule has 0 aliphatic carbocycles. The van der Waals surface area contributed by atoms with Crippen molar-refractivity contribution in [3.8, 4) is 5.75 Å². The molecule has 5 nitrogen and oxygen atoms in total. The van der Waals surface area contributed by atoms with E-state index >= 15 is 0 Å². The Morgan fingerprint density at radius 1 is 1.09 bits per heavy atom. The maximum Gasteiger partial charge on any atom is 0.344 e. The second-order valence-electron chi connectivity index (χ2n) is 4.82. The van der Waals surface area contributed by atoms with Crippen LogP contribution in [-0.4, -0.2) is 25.1 Å². The predicted molar refractivity (Wildman–Crippen MR) is 90.4 cm³/mol. The van der Waals surface area contributed by atoms with Crippen LogP contribution in [0.25, 0.3) is 0 Å². The summed E-state index contributed by atoms with van der Waals surface area (Å²) in [4.78, 5) is 23.3. The molecule has 0 aliphatic rings. The van der Waals surface area contributed by atoms with E-state index in [-0.39, 0.29) is 13.2 Å². The number of nitrogens with one attached hydrogen (secondary N) is 1. The maximum absolute atomic E-state index is 11.7. The summed E-state index contributed by atoms with van der Waals surface area (Å²) in [7, 11) is 0. The molecule has 0 aliphatic heterocycles. The van der Waals surface area contributed by atoms with Gasteiger partial charge in [0.05, 0.1) is 0 Å². The monoisotopic (exact) mass is 377 g/mol. The molecule has 0 heterocycles. The van der Waals surface area contributed by atoms with Gasteiger partial charge in [-0.25, -0.2) is 4.79 Å². The van der Waals surface area contributed by atoms with Gasteiger partial charge in [-0.1, -0.05) is 34.1 Å². The first-order valence-electron chi connectivity index (χ1n) is 6.93. The molecule has 2 aromatic rings. The van der Waals surface area contributed by atoms with Crippen LogP contribution in [0.2, 0.25) is 0 Å². The largest absolute Gasteiger partial charge is 0.482 e. The molecule has 0 atom stereocenters. The number of ether oxygens (including phenoxy) is 2. The lowest BCUT2D eigenvalue weighted by molar-refractivity contribution is -0.149. The minimum absolute atomic E-state index is 0.242. The van der Waals surface area contributed by atoms with Crippen LogP contribution in [0.3, 0.4) is 0 Å². The van der Waals surface area contributed by atoms with Crippen molar-refractivity contribution in [1.82, 2.24) is 0 Å². The molecule has 0 saturated carbocycles. The van der Waals surface area contributed by atoms with Gasteiger partial charge in [0, 0.05) is 10.2 Å². The third-order valence-corrected chi connectivity index (χ3v) is 3.31. The molecule has 1 amide bonds. The minimum Gasteiger partial charge on any atom is -0.482 e. The van der Waals surface area contributed by atoms with Crippen LogP contribution in [0.5, 0.6) is 5.75 Å². The Kier molecular flexibility index (Phi) is 6.17. The number of anilines is 1. The van der Waals surface area contributed by atoms with Gasteiger partial charge in [0.25, 0.3) is 5.91 Å². The van der Waals surface area contributed by atoms with Crippen LogP contribution in [0.1, 0.15) is 5.56 Å². The van der Waals surface area contributed by atoms with E-state index in [4.69, 9.17) is 9.47 Å². The number of hydrogen-bond acceptors (Lipinski definition) is 4. The summed E-state index contributed by atoms with van der Waals surface area (Å²) in [6.45, 7) is 1.33. The summed E-state index contributed by atoms with van der Waals surface area (Å²) in [5.41, 5.74) is 1.65. The second kappa shape index (κ2) is 8.33. The molecule has 0 bridgehead atoms. The maximum atomic E-state index is 11.7. The zero-order valence-corrected chi connectivity index (χ0v) is 14.1. The quantitative estimate of drug-likeness (QED) is 0.784. The number of halogens is 1. The summed E-state index contributed by atoms with van der Waals surface area (Å²) in [6.07, 6.45) is 0. The van der Waals surface area contributed by atoms with Gasteiger partial charge in [-0.05, 0) is 42.8 Å². The Bertz CT molecular complexity index is 702. The number of hydrogen-bond donors (Lipinski definition) is 1. The molecular weight excluding hydrogens is 362 g/mol. The van der Waals surface area contributed by atoms with Gasteiger partial charge in [0.2, 0.25) is 0 Å². The summed E-state index contributed by atoms with van der Waals surface area (Å²) < 4.78 is 11.0. The van der Waals surface area contributed by atoms with E-state index in [0.29, 0.717) is 11.4 Å². The van der Waals surface area contributed by atoms with Crippen LogP contribution in [0.4, 0.5) is 5.69 Å². The molecular formula is C17H16BrNO4. The molecule has 0 radical (unpaired) electrons. The standard InChI is InChI=1S/C17H16BrNO4/c1-12-4-2-7-15(8-12)22-11-17(21)23-10-16(20)19-14-6-3-5-13(18)9-14/h2-9H,10-11H2,1H3,(H,19,20). The van der Waals surface area contributed by atoms with E-state index in [1.54, 1.807) is 24.3 Å². The van der Waals surface area contributed by atoms with E-state index in [9.17, 15) is 9.59 Å². The molecule has 0 fully saturated rings. The number of rotatable bonds is 6. The van der Waals surface area contributed by atoms with Crippen molar-refractivity contribution >= 4 is 33.5 Å². The minimum atomic E-state index is -0.601. The van der Waals surface area contributed by atoms with Crippen LogP contribution in [0.15, 0.2) is 53.0 Å². The molecule has 0 saturated heterocycles. The molecule has 0 spiro atoms. The Morgan fingerprint density at radius 2 is 1.87 bits per heavy atom. The lowest BCUT2D eigenvalue weighted by Gasteiger charge is -2.08. The van der Waals surface area contributed by atoms with Crippen LogP contribution in [-0.2, 0) is 14.3 Å². The fraction of sp³-hybridized carbons (Fsp3) is 0.176. The Balaban J connectivity index is 1.72. The molecule has 2 rings (SSSR count). The van der Waals surface area contributed by atoms with Crippen molar-refractivity contribution in [2.75, 3.05) is 18.5 Å². The van der Waals surface area contributed by atoms with Crippen LogP contribution in [0, 0.1) is 6.92 Å². The third-order valence-electron chi connectivity index (χ3n) is 2.82. The van der Waals surface area contributed by atoms with Gasteiger partial charge < -0.3 is 14.8 Å². The average Bonchev–Trinajstić information content (AvgIpc) is 2.51. The van der Waals surface area contributed by atoms with Crippen LogP contribution >= 0.6 is 15.9 Å². The van der Waals surface area contributed by atoms with E-state index in [0.717, 1.165) is 10.0 Å². The molecule has 120 valence electrons. The van der Waals surface area contributed by atoms with Gasteiger partial charge in [0.1, 0.15) is 5.75 Å². The lowest BCUT2D eigenvalue weighted by atomic mass is 10.2. The molecule has 23 heavy (non-hydrogen) atoms. The zero-order chi connectivity index (χ0) is 16.7. The number of amides is 1. The highest BCUT2D eigenvalue weighted by molar-refractivity contribution is 9.10. The van der Waals surface area contributed by atoms with Gasteiger partial charge in [-0.15, -0.1) is 0 Å². The Morgan fingerprint density at radius 3 is 2.61 bits per heavy atom. The van der Waals surface area contributed by atoms with Gasteiger partial charge in [0.15, 0.2) is 13.2 Å². The fourth-order valence-corrected chi connectivity index (χ4v) is 2.20. The predicted octanol–water partition coefficient (Wildman–Crippen LogP) is 3.32. The third kappa shape index (κ3) is 6.12. The first kappa shape index (κ1) is 17.0. The topological polar surface area (TPSA) is 64.6 Å². The number of carbonyl (C=O) groups is 2. The zero-order valence-electron chi connectivity index (χ0n) is 12.5. The normalized spacial score (nSPS) is 10.0. The first-order chi connectivity index (χ1) is 11.0. The molecule has 0 unspecified atom stereocenters. The van der Waals surface area contributed by atoms with Crippen molar-refractivity contribution in [3.63, 3.8) is 0 Å². The van der Waals surface area contributed by atoms with Gasteiger partial charge >= 0.3 is 5.97 Å². The fourth-order valence-electron chi connectivity index (χ4n) is 1.80.